The summed E-state index contributed by atoms with van der Waals surface area (Å²) in [5.74, 6) is 0.580. The van der Waals surface area contributed by atoms with Crippen molar-refractivity contribution in [2.24, 2.45) is 0 Å². The molecule has 0 amide bonds. The van der Waals surface area contributed by atoms with E-state index in [1.165, 1.54) is 11.1 Å². The molecule has 1 atom stereocenters. The molecule has 0 aromatic heterocycles. The van der Waals surface area contributed by atoms with Gasteiger partial charge in [0.15, 0.2) is 0 Å². The molecule has 1 unspecified atom stereocenters. The van der Waals surface area contributed by atoms with Gasteiger partial charge in [0.2, 0.25) is 0 Å². The van der Waals surface area contributed by atoms with Crippen molar-refractivity contribution in [3.05, 3.63) is 35.4 Å². The number of likely N-dealkylation sites (tertiary alicyclic amines) is 1. The molecule has 21 heavy (non-hydrogen) atoms. The summed E-state index contributed by atoms with van der Waals surface area (Å²) < 4.78 is 5.43. The molecule has 0 aliphatic carbocycles. The predicted molar refractivity (Wildman–Crippen MR) is 88.7 cm³/mol. The lowest BCUT2D eigenvalue weighted by molar-refractivity contribution is 0.0388. The monoisotopic (exact) mass is 290 g/mol. The van der Waals surface area contributed by atoms with Gasteiger partial charge in [0, 0.05) is 33.3 Å². The Labute approximate surface area is 129 Å². The molecule has 118 valence electrons. The molecule has 0 saturated carbocycles. The molecule has 1 aromatic carbocycles. The molecule has 0 radical (unpaired) electrons. The molecule has 0 bridgehead atoms. The lowest BCUT2D eigenvalue weighted by atomic mass is 9.99. The highest BCUT2D eigenvalue weighted by Gasteiger charge is 2.18. The topological polar surface area (TPSA) is 24.5 Å². The van der Waals surface area contributed by atoms with Crippen LogP contribution in [0.4, 0.5) is 0 Å². The van der Waals surface area contributed by atoms with Gasteiger partial charge in [-0.1, -0.05) is 38.1 Å². The maximum Gasteiger partial charge on any atom is 0.0595 e. The Morgan fingerprint density at radius 3 is 2.48 bits per heavy atom. The molecule has 0 spiro atoms. The van der Waals surface area contributed by atoms with Crippen LogP contribution in [0.5, 0.6) is 0 Å². The third kappa shape index (κ3) is 5.10. The number of ether oxygens (including phenoxy) is 1. The average Bonchev–Trinajstić information content (AvgIpc) is 2.54. The van der Waals surface area contributed by atoms with Crippen molar-refractivity contribution in [1.82, 2.24) is 10.2 Å². The number of hydrogen-bond acceptors (Lipinski definition) is 3. The Kier molecular flexibility index (Phi) is 6.68. The van der Waals surface area contributed by atoms with E-state index in [2.05, 4.69) is 48.3 Å². The summed E-state index contributed by atoms with van der Waals surface area (Å²) >= 11 is 0. The van der Waals surface area contributed by atoms with Crippen LogP contribution in [0.3, 0.4) is 0 Å². The molecule has 1 aliphatic heterocycles. The van der Waals surface area contributed by atoms with Crippen molar-refractivity contribution in [1.29, 1.82) is 0 Å². The van der Waals surface area contributed by atoms with Crippen LogP contribution in [0.1, 0.15) is 43.7 Å². The molecule has 1 heterocycles. The number of nitrogens with zero attached hydrogens (tertiary/aromatic N) is 1. The van der Waals surface area contributed by atoms with Gasteiger partial charge in [-0.05, 0) is 36.4 Å². The smallest absolute Gasteiger partial charge is 0.0595 e. The number of piperidine rings is 1. The van der Waals surface area contributed by atoms with Gasteiger partial charge in [-0.2, -0.15) is 0 Å². The van der Waals surface area contributed by atoms with Crippen LogP contribution in [0.2, 0.25) is 0 Å². The second-order valence-electron chi connectivity index (χ2n) is 6.16. The fraction of sp³-hybridized carbons (Fsp3) is 0.667. The molecular formula is C18H30N2O. The van der Waals surface area contributed by atoms with Crippen molar-refractivity contribution >= 4 is 0 Å². The number of nitrogens with one attached hydrogen (secondary N) is 1. The molecule has 2 rings (SSSR count). The van der Waals surface area contributed by atoms with Crippen molar-refractivity contribution in [2.45, 2.75) is 45.3 Å². The van der Waals surface area contributed by atoms with Gasteiger partial charge in [-0.15, -0.1) is 0 Å². The highest BCUT2D eigenvalue weighted by molar-refractivity contribution is 5.25. The van der Waals surface area contributed by atoms with Crippen LogP contribution in [-0.2, 0) is 11.3 Å². The van der Waals surface area contributed by atoms with Crippen molar-refractivity contribution in [2.75, 3.05) is 33.3 Å². The minimum Gasteiger partial charge on any atom is -0.381 e. The van der Waals surface area contributed by atoms with Gasteiger partial charge in [0.1, 0.15) is 0 Å². The van der Waals surface area contributed by atoms with Crippen LogP contribution in [0.15, 0.2) is 24.3 Å². The fourth-order valence-electron chi connectivity index (χ4n) is 2.99. The molecular weight excluding hydrogens is 260 g/mol. The number of likely N-dealkylation sites (N-methyl/N-ethyl adjacent to an activating group) is 1. The third-order valence-corrected chi connectivity index (χ3v) is 4.52. The van der Waals surface area contributed by atoms with Crippen LogP contribution >= 0.6 is 0 Å². The molecule has 1 aliphatic rings. The third-order valence-electron chi connectivity index (χ3n) is 4.52. The summed E-state index contributed by atoms with van der Waals surface area (Å²) in [5, 5.41) is 3.42. The maximum absolute atomic E-state index is 5.43. The SMILES string of the molecule is CCNCC(C)c1ccc(CN2CCC(OC)CC2)cc1. The summed E-state index contributed by atoms with van der Waals surface area (Å²) in [6, 6.07) is 9.17. The van der Waals surface area contributed by atoms with E-state index < -0.39 is 0 Å². The Balaban J connectivity index is 1.82. The summed E-state index contributed by atoms with van der Waals surface area (Å²) in [5.41, 5.74) is 2.85. The number of methoxy groups -OCH3 is 1. The largest absolute Gasteiger partial charge is 0.381 e. The Hall–Kier alpha value is -0.900. The minimum absolute atomic E-state index is 0.468. The number of hydrogen-bond donors (Lipinski definition) is 1. The van der Waals surface area contributed by atoms with E-state index >= 15 is 0 Å². The first kappa shape index (κ1) is 16.5. The fourth-order valence-corrected chi connectivity index (χ4v) is 2.99. The molecule has 1 saturated heterocycles. The van der Waals surface area contributed by atoms with Gasteiger partial charge < -0.3 is 10.1 Å². The lowest BCUT2D eigenvalue weighted by Gasteiger charge is -2.31. The predicted octanol–water partition coefficient (Wildman–Crippen LogP) is 3.01. The zero-order chi connectivity index (χ0) is 15.1. The second-order valence-corrected chi connectivity index (χ2v) is 6.16. The molecule has 3 heteroatoms. The van der Waals surface area contributed by atoms with Gasteiger partial charge in [-0.25, -0.2) is 0 Å². The normalized spacial score (nSPS) is 18.8. The van der Waals surface area contributed by atoms with E-state index in [9.17, 15) is 0 Å². The standard InChI is InChI=1S/C18H30N2O/c1-4-19-13-15(2)17-7-5-16(6-8-17)14-20-11-9-18(21-3)10-12-20/h5-8,15,18-19H,4,9-14H2,1-3H3. The van der Waals surface area contributed by atoms with Gasteiger partial charge in [0.05, 0.1) is 6.10 Å². The Morgan fingerprint density at radius 2 is 1.90 bits per heavy atom. The van der Waals surface area contributed by atoms with Crippen LogP contribution in [0.25, 0.3) is 0 Å². The average molecular weight is 290 g/mol. The first-order valence-electron chi connectivity index (χ1n) is 8.27. The quantitative estimate of drug-likeness (QED) is 0.835. The van der Waals surface area contributed by atoms with Gasteiger partial charge in [0.25, 0.3) is 0 Å². The van der Waals surface area contributed by atoms with E-state index in [4.69, 9.17) is 4.74 Å². The van der Waals surface area contributed by atoms with Gasteiger partial charge in [-0.3, -0.25) is 4.90 Å². The first-order chi connectivity index (χ1) is 10.2. The summed E-state index contributed by atoms with van der Waals surface area (Å²) in [6.07, 6.45) is 2.79. The van der Waals surface area contributed by atoms with E-state index in [0.29, 0.717) is 12.0 Å². The minimum atomic E-state index is 0.468. The van der Waals surface area contributed by atoms with E-state index in [0.717, 1.165) is 45.6 Å². The molecule has 1 N–H and O–H groups in total. The highest BCUT2D eigenvalue weighted by atomic mass is 16.5. The lowest BCUT2D eigenvalue weighted by Crippen LogP contribution is -2.36. The zero-order valence-electron chi connectivity index (χ0n) is 13.8. The molecule has 1 fully saturated rings. The van der Waals surface area contributed by atoms with Crippen molar-refractivity contribution < 1.29 is 4.74 Å². The van der Waals surface area contributed by atoms with Crippen LogP contribution in [0, 0.1) is 0 Å². The van der Waals surface area contributed by atoms with Crippen molar-refractivity contribution in [3.63, 3.8) is 0 Å². The van der Waals surface area contributed by atoms with Crippen LogP contribution in [-0.4, -0.2) is 44.3 Å². The first-order valence-corrected chi connectivity index (χ1v) is 8.27. The number of benzene rings is 1. The molecule has 1 aromatic rings. The Bertz CT molecular complexity index is 396. The summed E-state index contributed by atoms with van der Waals surface area (Å²) in [6.45, 7) is 9.91. The van der Waals surface area contributed by atoms with Gasteiger partial charge >= 0.3 is 0 Å². The molecule has 3 nitrogen and oxygen atoms in total. The number of rotatable bonds is 7. The second kappa shape index (κ2) is 8.52. The van der Waals surface area contributed by atoms with Crippen LogP contribution < -0.4 is 5.32 Å². The van der Waals surface area contributed by atoms with E-state index in [-0.39, 0.29) is 0 Å². The highest BCUT2D eigenvalue weighted by Crippen LogP contribution is 2.18. The van der Waals surface area contributed by atoms with Crippen molar-refractivity contribution in [3.8, 4) is 0 Å². The zero-order valence-corrected chi connectivity index (χ0v) is 13.8. The Morgan fingerprint density at radius 1 is 1.24 bits per heavy atom. The maximum atomic E-state index is 5.43. The van der Waals surface area contributed by atoms with E-state index in [1.54, 1.807) is 0 Å². The summed E-state index contributed by atoms with van der Waals surface area (Å²) in [7, 11) is 1.83. The van der Waals surface area contributed by atoms with E-state index in [1.807, 2.05) is 7.11 Å². The summed E-state index contributed by atoms with van der Waals surface area (Å²) in [4.78, 5) is 2.53.